The van der Waals surface area contributed by atoms with Crippen molar-refractivity contribution in [1.82, 2.24) is 0 Å². The summed E-state index contributed by atoms with van der Waals surface area (Å²) >= 11 is 0. The van der Waals surface area contributed by atoms with E-state index in [4.69, 9.17) is 0 Å². The van der Waals surface area contributed by atoms with Crippen LogP contribution in [0.4, 0.5) is 0 Å². The Morgan fingerprint density at radius 2 is 0.923 bits per heavy atom. The zero-order valence-corrected chi connectivity index (χ0v) is 12.5. The van der Waals surface area contributed by atoms with Gasteiger partial charge in [-0.2, -0.15) is 0 Å². The first-order chi connectivity index (χ1) is 5.12. The van der Waals surface area contributed by atoms with Crippen LogP contribution in [0.25, 0.3) is 0 Å². The first kappa shape index (κ1) is 19.8. The normalized spacial score (nSPS) is 10.8. The van der Waals surface area contributed by atoms with Crippen molar-refractivity contribution in [2.75, 3.05) is 11.5 Å². The minimum Gasteiger partial charge on any atom is -0.748 e. The van der Waals surface area contributed by atoms with Gasteiger partial charge in [0.05, 0.1) is 20.2 Å². The molecule has 6 nitrogen and oxygen atoms in total. The van der Waals surface area contributed by atoms with Crippen molar-refractivity contribution >= 4 is 65.7 Å². The Kier molecular flexibility index (Phi) is 13.1. The van der Waals surface area contributed by atoms with Crippen LogP contribution in [-0.2, 0) is 20.2 Å². The van der Waals surface area contributed by atoms with Gasteiger partial charge in [0, 0.05) is 11.5 Å². The summed E-state index contributed by atoms with van der Waals surface area (Å²) in [5, 5.41) is 0. The summed E-state index contributed by atoms with van der Waals surface area (Å²) < 4.78 is 56.7. The van der Waals surface area contributed by atoms with E-state index in [9.17, 15) is 25.9 Å². The molecule has 0 aromatic carbocycles. The van der Waals surface area contributed by atoms with Gasteiger partial charge in [-0.1, -0.05) is 13.8 Å². The Morgan fingerprint density at radius 3 is 0.923 bits per heavy atom. The van der Waals surface area contributed by atoms with Crippen LogP contribution in [0.15, 0.2) is 0 Å². The summed E-state index contributed by atoms with van der Waals surface area (Å²) in [6.07, 6.45) is 0. The van der Waals surface area contributed by atoms with Crippen LogP contribution >= 0.6 is 0 Å². The minimum atomic E-state index is -3.91. The van der Waals surface area contributed by atoms with Crippen molar-refractivity contribution in [2.45, 2.75) is 13.8 Å². The topological polar surface area (TPSA) is 114 Å². The summed E-state index contributed by atoms with van der Waals surface area (Å²) in [5.41, 5.74) is 0. The molecule has 0 N–H and O–H groups in total. The third kappa shape index (κ3) is 31.9. The van der Waals surface area contributed by atoms with Gasteiger partial charge >= 0.3 is 45.5 Å². The minimum absolute atomic E-state index is 0. The smallest absolute Gasteiger partial charge is 0.748 e. The summed E-state index contributed by atoms with van der Waals surface area (Å²) in [6, 6.07) is 0. The standard InChI is InChI=1S/2C2H6O3S.Sr/c2*1-2-6(3,4)5;/h2*2H2,1H3,(H,3,4,5);/q;;+2/p-2. The second-order valence-electron chi connectivity index (χ2n) is 1.69. The summed E-state index contributed by atoms with van der Waals surface area (Å²) in [6.45, 7) is 2.62. The molecule has 0 fully saturated rings. The molecule has 13 heavy (non-hydrogen) atoms. The van der Waals surface area contributed by atoms with E-state index in [-0.39, 0.29) is 57.0 Å². The van der Waals surface area contributed by atoms with Gasteiger partial charge in [-0.15, -0.1) is 0 Å². The maximum absolute atomic E-state index is 9.44. The van der Waals surface area contributed by atoms with Crippen molar-refractivity contribution in [2.24, 2.45) is 0 Å². The largest absolute Gasteiger partial charge is 2.00 e. The average molecular weight is 306 g/mol. The molecule has 0 saturated carbocycles. The second kappa shape index (κ2) is 8.60. The van der Waals surface area contributed by atoms with E-state index in [2.05, 4.69) is 0 Å². The summed E-state index contributed by atoms with van der Waals surface area (Å²) in [4.78, 5) is 0. The van der Waals surface area contributed by atoms with Crippen LogP contribution in [0.1, 0.15) is 13.8 Å². The molecule has 0 amide bonds. The Bertz CT molecular complexity index is 259. The van der Waals surface area contributed by atoms with E-state index in [0.717, 1.165) is 0 Å². The van der Waals surface area contributed by atoms with Crippen molar-refractivity contribution < 1.29 is 25.9 Å². The second-order valence-corrected chi connectivity index (χ2v) is 5.08. The van der Waals surface area contributed by atoms with Gasteiger partial charge in [-0.3, -0.25) is 0 Å². The Labute approximate surface area is 115 Å². The van der Waals surface area contributed by atoms with Gasteiger partial charge in [0.1, 0.15) is 0 Å². The van der Waals surface area contributed by atoms with Gasteiger partial charge in [0.2, 0.25) is 0 Å². The van der Waals surface area contributed by atoms with Crippen molar-refractivity contribution in [3.05, 3.63) is 0 Å². The summed E-state index contributed by atoms with van der Waals surface area (Å²) in [5.74, 6) is -0.625. The van der Waals surface area contributed by atoms with Crippen LogP contribution in [0.5, 0.6) is 0 Å². The van der Waals surface area contributed by atoms with E-state index in [0.29, 0.717) is 0 Å². The van der Waals surface area contributed by atoms with E-state index in [1.807, 2.05) is 0 Å². The summed E-state index contributed by atoms with van der Waals surface area (Å²) in [7, 11) is -7.82. The maximum atomic E-state index is 9.44. The molecule has 0 aliphatic heterocycles. The molecule has 9 heteroatoms. The molecule has 0 bridgehead atoms. The maximum Gasteiger partial charge on any atom is 2.00 e. The zero-order valence-electron chi connectivity index (χ0n) is 7.39. The molecule has 0 radical (unpaired) electrons. The molecule has 0 aliphatic carbocycles. The van der Waals surface area contributed by atoms with Crippen LogP contribution in [-0.4, -0.2) is 82.9 Å². The van der Waals surface area contributed by atoms with Crippen molar-refractivity contribution in [3.63, 3.8) is 0 Å². The monoisotopic (exact) mass is 306 g/mol. The van der Waals surface area contributed by atoms with Crippen LogP contribution in [0.3, 0.4) is 0 Å². The van der Waals surface area contributed by atoms with E-state index >= 15 is 0 Å². The molecule has 0 rings (SSSR count). The molecule has 76 valence electrons. The molecule has 0 unspecified atom stereocenters. The SMILES string of the molecule is CCS(=O)(=O)[O-].CCS(=O)(=O)[O-].[Sr+2]. The molecular weight excluding hydrogens is 296 g/mol. The predicted octanol–water partition coefficient (Wildman–Crippen LogP) is -1.28. The fraction of sp³-hybridized carbons (Fsp3) is 1.00. The van der Waals surface area contributed by atoms with E-state index < -0.39 is 20.2 Å². The van der Waals surface area contributed by atoms with E-state index in [1.165, 1.54) is 13.8 Å². The van der Waals surface area contributed by atoms with Crippen molar-refractivity contribution in [1.29, 1.82) is 0 Å². The van der Waals surface area contributed by atoms with Gasteiger partial charge in [0.15, 0.2) is 0 Å². The predicted molar refractivity (Wildman–Crippen MR) is 46.2 cm³/mol. The molecule has 0 aromatic heterocycles. The van der Waals surface area contributed by atoms with E-state index in [1.54, 1.807) is 0 Å². The van der Waals surface area contributed by atoms with Gasteiger partial charge in [-0.25, -0.2) is 16.8 Å². The van der Waals surface area contributed by atoms with Crippen molar-refractivity contribution in [3.8, 4) is 0 Å². The Hall–Kier alpha value is 1.30. The molecule has 0 spiro atoms. The Balaban J connectivity index is -0.000000143. The molecule has 0 aliphatic rings. The molecule has 0 aromatic rings. The van der Waals surface area contributed by atoms with Crippen LogP contribution < -0.4 is 0 Å². The number of hydrogen-bond donors (Lipinski definition) is 0. The fourth-order valence-corrected chi connectivity index (χ4v) is 0. The zero-order chi connectivity index (χ0) is 10.4. The fourth-order valence-electron chi connectivity index (χ4n) is 0. The van der Waals surface area contributed by atoms with Gasteiger partial charge < -0.3 is 9.11 Å². The first-order valence-corrected chi connectivity index (χ1v) is 6.15. The Morgan fingerprint density at radius 1 is 0.846 bits per heavy atom. The number of hydrogen-bond acceptors (Lipinski definition) is 6. The van der Waals surface area contributed by atoms with Crippen LogP contribution in [0, 0.1) is 0 Å². The number of rotatable bonds is 2. The van der Waals surface area contributed by atoms with Gasteiger partial charge in [-0.05, 0) is 0 Å². The van der Waals surface area contributed by atoms with Crippen LogP contribution in [0.2, 0.25) is 0 Å². The first-order valence-electron chi connectivity index (χ1n) is 2.99. The molecule has 0 heterocycles. The van der Waals surface area contributed by atoms with Gasteiger partial charge in [0.25, 0.3) is 0 Å². The average Bonchev–Trinajstić information content (AvgIpc) is 1.86. The quantitative estimate of drug-likeness (QED) is 0.464. The molecular formula is C4H10O6S2Sr. The third-order valence-corrected chi connectivity index (χ3v) is 2.12. The third-order valence-electron chi connectivity index (χ3n) is 0.707. The molecule has 0 saturated heterocycles. The molecule has 0 atom stereocenters.